The molecule has 0 radical (unpaired) electrons. The number of nitrogens with zero attached hydrogens (tertiary/aromatic N) is 3. The molecule has 0 bridgehead atoms. The summed E-state index contributed by atoms with van der Waals surface area (Å²) in [5.41, 5.74) is 4.07. The first kappa shape index (κ1) is 22.7. The Bertz CT molecular complexity index is 1090. The van der Waals surface area contributed by atoms with E-state index in [1.54, 1.807) is 18.4 Å². The highest BCUT2D eigenvalue weighted by Gasteiger charge is 2.49. The van der Waals surface area contributed by atoms with Crippen LogP contribution in [-0.4, -0.2) is 34.5 Å². The molecule has 0 atom stereocenters. The lowest BCUT2D eigenvalue weighted by molar-refractivity contribution is 0.224. The van der Waals surface area contributed by atoms with Crippen LogP contribution in [0, 0.1) is 0 Å². The van der Waals surface area contributed by atoms with Crippen molar-refractivity contribution in [3.8, 4) is 11.6 Å². The van der Waals surface area contributed by atoms with E-state index in [0.717, 1.165) is 35.5 Å². The number of hydrogen-bond donors (Lipinski definition) is 1. The van der Waals surface area contributed by atoms with Crippen molar-refractivity contribution >= 4 is 13.6 Å². The highest BCUT2D eigenvalue weighted by molar-refractivity contribution is 6.93. The molecule has 0 aliphatic carbocycles. The fraction of sp³-hybridized carbons (Fsp3) is 0.542. The Morgan fingerprint density at radius 2 is 1.88 bits per heavy atom. The van der Waals surface area contributed by atoms with Crippen molar-refractivity contribution in [2.24, 2.45) is 0 Å². The van der Waals surface area contributed by atoms with Gasteiger partial charge in [-0.05, 0) is 28.8 Å². The van der Waals surface area contributed by atoms with E-state index < -0.39 is 8.07 Å². The van der Waals surface area contributed by atoms with Gasteiger partial charge in [-0.3, -0.25) is 9.69 Å². The summed E-state index contributed by atoms with van der Waals surface area (Å²) in [6.07, 6.45) is 4.19. The molecule has 7 nitrogen and oxygen atoms in total. The van der Waals surface area contributed by atoms with Gasteiger partial charge >= 0.3 is 0 Å². The van der Waals surface area contributed by atoms with E-state index in [1.807, 2.05) is 6.20 Å². The minimum Gasteiger partial charge on any atom is -0.461 e. The third kappa shape index (κ3) is 3.90. The number of furan rings is 1. The number of oxazole rings is 1. The van der Waals surface area contributed by atoms with E-state index in [-0.39, 0.29) is 5.56 Å². The average molecular weight is 455 g/mol. The van der Waals surface area contributed by atoms with Gasteiger partial charge in [-0.15, -0.1) is 0 Å². The molecule has 32 heavy (non-hydrogen) atoms. The van der Waals surface area contributed by atoms with E-state index in [0.29, 0.717) is 41.3 Å². The molecule has 0 saturated carbocycles. The molecule has 3 aromatic rings. The van der Waals surface area contributed by atoms with E-state index >= 15 is 0 Å². The zero-order chi connectivity index (χ0) is 23.0. The molecule has 0 spiro atoms. The quantitative estimate of drug-likeness (QED) is 0.530. The summed E-state index contributed by atoms with van der Waals surface area (Å²) < 4.78 is 11.8. The van der Waals surface area contributed by atoms with Crippen LogP contribution in [-0.2, 0) is 19.5 Å². The van der Waals surface area contributed by atoms with Crippen LogP contribution in [0.2, 0.25) is 16.6 Å². The lowest BCUT2D eigenvalue weighted by Gasteiger charge is -2.39. The second kappa shape index (κ2) is 8.82. The maximum Gasteiger partial charge on any atom is 0.256 e. The smallest absolute Gasteiger partial charge is 0.256 e. The molecular weight excluding hydrogens is 420 g/mol. The van der Waals surface area contributed by atoms with Crippen LogP contribution in [0.4, 0.5) is 0 Å². The van der Waals surface area contributed by atoms with E-state index in [4.69, 9.17) is 13.8 Å². The fourth-order valence-corrected chi connectivity index (χ4v) is 11.8. The number of aromatic amines is 1. The predicted molar refractivity (Wildman–Crippen MR) is 128 cm³/mol. The van der Waals surface area contributed by atoms with Crippen LogP contribution in [0.25, 0.3) is 11.6 Å². The van der Waals surface area contributed by atoms with Crippen molar-refractivity contribution in [3.63, 3.8) is 0 Å². The summed E-state index contributed by atoms with van der Waals surface area (Å²) in [5.74, 6) is 1.94. The van der Waals surface area contributed by atoms with Gasteiger partial charge in [0.1, 0.15) is 5.76 Å². The predicted octanol–water partition coefficient (Wildman–Crippen LogP) is 4.46. The van der Waals surface area contributed by atoms with Gasteiger partial charge < -0.3 is 13.8 Å². The Hall–Kier alpha value is -2.45. The highest BCUT2D eigenvalue weighted by atomic mass is 28.3. The van der Waals surface area contributed by atoms with Crippen molar-refractivity contribution in [2.45, 2.75) is 77.7 Å². The van der Waals surface area contributed by atoms with E-state index in [9.17, 15) is 4.79 Å². The van der Waals surface area contributed by atoms with Crippen LogP contribution in [0.3, 0.4) is 0 Å². The minimum absolute atomic E-state index is 0.102. The van der Waals surface area contributed by atoms with Crippen LogP contribution < -0.4 is 11.1 Å². The Labute approximate surface area is 190 Å². The maximum absolute atomic E-state index is 12.7. The number of rotatable bonds is 7. The summed E-state index contributed by atoms with van der Waals surface area (Å²) in [6, 6.07) is 3.59. The first-order chi connectivity index (χ1) is 15.2. The molecule has 0 amide bonds. The molecule has 0 fully saturated rings. The zero-order valence-electron chi connectivity index (χ0n) is 19.9. The van der Waals surface area contributed by atoms with Gasteiger partial charge in [0, 0.05) is 19.5 Å². The average Bonchev–Trinajstić information content (AvgIpc) is 3.41. The molecular formula is C24H34N4O3Si. The van der Waals surface area contributed by atoms with Gasteiger partial charge in [-0.1, -0.05) is 41.5 Å². The number of nitrogens with one attached hydrogen (secondary N) is 1. The normalized spacial score (nSPS) is 15.2. The Balaban J connectivity index is 1.54. The number of H-pyrrole nitrogens is 1. The first-order valence-electron chi connectivity index (χ1n) is 11.6. The molecule has 4 heterocycles. The molecule has 3 aromatic heterocycles. The molecule has 172 valence electrons. The van der Waals surface area contributed by atoms with Crippen molar-refractivity contribution in [3.05, 3.63) is 52.0 Å². The topological polar surface area (TPSA) is 88.2 Å². The van der Waals surface area contributed by atoms with Gasteiger partial charge in [0.05, 0.1) is 30.3 Å². The maximum atomic E-state index is 12.7. The molecule has 0 aromatic carbocycles. The van der Waals surface area contributed by atoms with Gasteiger partial charge in [-0.25, -0.2) is 9.97 Å². The lowest BCUT2D eigenvalue weighted by atomic mass is 10.1. The van der Waals surface area contributed by atoms with Gasteiger partial charge in [-0.2, -0.15) is 0 Å². The van der Waals surface area contributed by atoms with Crippen LogP contribution in [0.1, 0.15) is 58.6 Å². The SMILES string of the molecule is CC(C)[Si](c1ncc(CN2CCc3nc(-c4ccco4)[nH]c(=O)c3C2)o1)(C(C)C)C(C)C. The largest absolute Gasteiger partial charge is 0.461 e. The second-order valence-electron chi connectivity index (χ2n) is 9.81. The second-order valence-corrected chi connectivity index (χ2v) is 15.6. The zero-order valence-corrected chi connectivity index (χ0v) is 20.9. The van der Waals surface area contributed by atoms with Crippen molar-refractivity contribution in [2.75, 3.05) is 6.54 Å². The lowest BCUT2D eigenvalue weighted by Crippen LogP contribution is -2.56. The molecule has 1 aliphatic heterocycles. The molecule has 0 unspecified atom stereocenters. The Morgan fingerprint density at radius 3 is 2.50 bits per heavy atom. The summed E-state index contributed by atoms with van der Waals surface area (Å²) in [5, 5.41) is 0. The number of hydrogen-bond acceptors (Lipinski definition) is 6. The van der Waals surface area contributed by atoms with Crippen LogP contribution >= 0.6 is 0 Å². The third-order valence-electron chi connectivity index (χ3n) is 7.07. The van der Waals surface area contributed by atoms with Crippen molar-refractivity contribution in [1.29, 1.82) is 0 Å². The van der Waals surface area contributed by atoms with Gasteiger partial charge in [0.25, 0.3) is 5.56 Å². The summed E-state index contributed by atoms with van der Waals surface area (Å²) >= 11 is 0. The number of aromatic nitrogens is 3. The fourth-order valence-electron chi connectivity index (χ4n) is 5.69. The van der Waals surface area contributed by atoms with E-state index in [2.05, 4.69) is 56.4 Å². The van der Waals surface area contributed by atoms with Gasteiger partial charge in [0.2, 0.25) is 0 Å². The number of fused-ring (bicyclic) bond motifs is 1. The Kier molecular flexibility index (Phi) is 6.27. The van der Waals surface area contributed by atoms with Crippen molar-refractivity contribution < 1.29 is 8.83 Å². The van der Waals surface area contributed by atoms with Gasteiger partial charge in [0.15, 0.2) is 25.2 Å². The van der Waals surface area contributed by atoms with E-state index in [1.165, 1.54) is 0 Å². The summed E-state index contributed by atoms with van der Waals surface area (Å²) in [6.45, 7) is 15.9. The Morgan fingerprint density at radius 1 is 1.16 bits per heavy atom. The molecule has 1 N–H and O–H groups in total. The molecule has 0 saturated heterocycles. The third-order valence-corrected chi connectivity index (χ3v) is 13.8. The summed E-state index contributed by atoms with van der Waals surface area (Å²) in [4.78, 5) is 27.3. The van der Waals surface area contributed by atoms with Crippen LogP contribution in [0.5, 0.6) is 0 Å². The summed E-state index contributed by atoms with van der Waals surface area (Å²) in [7, 11) is -1.92. The standard InChI is InChI=1S/C24H34N4O3Si/c1-15(2)32(16(3)4,17(5)6)24-25-12-18(31-24)13-28-10-9-20-19(14-28)23(29)27-22(26-20)21-8-7-11-30-21/h7-8,11-12,15-17H,9-10,13-14H2,1-6H3,(H,26,27,29). The monoisotopic (exact) mass is 454 g/mol. The molecule has 8 heteroatoms. The molecule has 1 aliphatic rings. The minimum atomic E-state index is -1.92. The van der Waals surface area contributed by atoms with Crippen LogP contribution in [0.15, 0.2) is 38.2 Å². The van der Waals surface area contributed by atoms with Crippen molar-refractivity contribution in [1.82, 2.24) is 19.9 Å². The highest BCUT2D eigenvalue weighted by Crippen LogP contribution is 2.40. The molecule has 4 rings (SSSR count). The first-order valence-corrected chi connectivity index (χ1v) is 13.8.